The Balaban J connectivity index is 1.95. The zero-order valence-corrected chi connectivity index (χ0v) is 12.9. The summed E-state index contributed by atoms with van der Waals surface area (Å²) in [6.45, 7) is 1.93. The van der Waals surface area contributed by atoms with Gasteiger partial charge in [-0.3, -0.25) is 9.59 Å². The molecule has 6 nitrogen and oxygen atoms in total. The van der Waals surface area contributed by atoms with Crippen molar-refractivity contribution in [3.8, 4) is 5.75 Å². The Morgan fingerprint density at radius 3 is 2.48 bits per heavy atom. The van der Waals surface area contributed by atoms with Crippen molar-refractivity contribution in [2.24, 2.45) is 5.10 Å². The van der Waals surface area contributed by atoms with Crippen LogP contribution < -0.4 is 15.5 Å². The number of benzene rings is 2. The summed E-state index contributed by atoms with van der Waals surface area (Å²) in [7, 11) is 1.48. The Morgan fingerprint density at radius 2 is 1.74 bits per heavy atom. The Labute approximate surface area is 134 Å². The summed E-state index contributed by atoms with van der Waals surface area (Å²) in [5.74, 6) is -1.21. The molecular weight excluding hydrogens is 294 g/mol. The van der Waals surface area contributed by atoms with Crippen LogP contribution in [0.5, 0.6) is 5.75 Å². The maximum atomic E-state index is 11.8. The molecule has 118 valence electrons. The maximum Gasteiger partial charge on any atom is 0.329 e. The molecule has 0 atom stereocenters. The number of carbonyl (C=O) groups is 2. The summed E-state index contributed by atoms with van der Waals surface area (Å²) in [5.41, 5.74) is 4.49. The zero-order chi connectivity index (χ0) is 16.7. The van der Waals surface area contributed by atoms with Crippen molar-refractivity contribution < 1.29 is 14.3 Å². The van der Waals surface area contributed by atoms with Crippen LogP contribution >= 0.6 is 0 Å². The van der Waals surface area contributed by atoms with Crippen molar-refractivity contribution in [1.29, 1.82) is 0 Å². The molecule has 2 amide bonds. The van der Waals surface area contributed by atoms with E-state index in [9.17, 15) is 9.59 Å². The molecule has 6 heteroatoms. The molecule has 0 aliphatic heterocycles. The lowest BCUT2D eigenvalue weighted by Crippen LogP contribution is -2.32. The first kappa shape index (κ1) is 16.2. The summed E-state index contributed by atoms with van der Waals surface area (Å²) >= 11 is 0. The third-order valence-electron chi connectivity index (χ3n) is 3.12. The number of nitrogens with one attached hydrogen (secondary N) is 2. The van der Waals surface area contributed by atoms with Gasteiger partial charge in [-0.15, -0.1) is 0 Å². The molecule has 0 spiro atoms. The van der Waals surface area contributed by atoms with Crippen LogP contribution in [0.3, 0.4) is 0 Å². The van der Waals surface area contributed by atoms with Crippen molar-refractivity contribution in [1.82, 2.24) is 5.43 Å². The minimum Gasteiger partial charge on any atom is -0.495 e. The summed E-state index contributed by atoms with van der Waals surface area (Å²) in [6.07, 6.45) is 1.49. The van der Waals surface area contributed by atoms with Gasteiger partial charge < -0.3 is 10.1 Å². The Kier molecular flexibility index (Phi) is 5.46. The molecule has 2 N–H and O–H groups in total. The quantitative estimate of drug-likeness (QED) is 0.515. The van der Waals surface area contributed by atoms with Crippen molar-refractivity contribution >= 4 is 23.7 Å². The number of amides is 2. The first-order valence-electron chi connectivity index (χ1n) is 6.95. The minimum atomic E-state index is -0.860. The zero-order valence-electron chi connectivity index (χ0n) is 12.9. The van der Waals surface area contributed by atoms with Crippen LogP contribution in [0, 0.1) is 6.92 Å². The summed E-state index contributed by atoms with van der Waals surface area (Å²) in [4.78, 5) is 23.6. The van der Waals surface area contributed by atoms with Gasteiger partial charge in [0.25, 0.3) is 0 Å². The first-order chi connectivity index (χ1) is 11.1. The second-order valence-corrected chi connectivity index (χ2v) is 4.71. The minimum absolute atomic E-state index is 0.415. The van der Waals surface area contributed by atoms with Gasteiger partial charge in [-0.25, -0.2) is 5.43 Å². The normalized spacial score (nSPS) is 10.3. The molecule has 2 rings (SSSR count). The molecule has 0 saturated heterocycles. The van der Waals surface area contributed by atoms with Crippen LogP contribution in [0.2, 0.25) is 0 Å². The SMILES string of the molecule is COc1ccccc1NC(=O)C(=O)N/N=C\c1ccccc1C. The third kappa shape index (κ3) is 4.41. The number of ether oxygens (including phenoxy) is 1. The largest absolute Gasteiger partial charge is 0.495 e. The van der Waals surface area contributed by atoms with E-state index < -0.39 is 11.8 Å². The van der Waals surface area contributed by atoms with E-state index in [0.717, 1.165) is 11.1 Å². The van der Waals surface area contributed by atoms with Crippen LogP contribution in [0.15, 0.2) is 53.6 Å². The third-order valence-corrected chi connectivity index (χ3v) is 3.12. The van der Waals surface area contributed by atoms with Gasteiger partial charge in [-0.1, -0.05) is 36.4 Å². The van der Waals surface area contributed by atoms with E-state index in [1.54, 1.807) is 24.3 Å². The molecule has 0 unspecified atom stereocenters. The van der Waals surface area contributed by atoms with Gasteiger partial charge in [-0.05, 0) is 30.2 Å². The van der Waals surface area contributed by atoms with Gasteiger partial charge in [0.05, 0.1) is 19.0 Å². The average Bonchev–Trinajstić information content (AvgIpc) is 2.57. The standard InChI is InChI=1S/C17H17N3O3/c1-12-7-3-4-8-13(12)11-18-20-17(22)16(21)19-14-9-5-6-10-15(14)23-2/h3-11H,1-2H3,(H,19,21)(H,20,22)/b18-11-. The van der Waals surface area contributed by atoms with Crippen molar-refractivity contribution in [2.45, 2.75) is 6.92 Å². The highest BCUT2D eigenvalue weighted by Gasteiger charge is 2.14. The number of aryl methyl sites for hydroxylation is 1. The lowest BCUT2D eigenvalue weighted by Gasteiger charge is -2.08. The van der Waals surface area contributed by atoms with E-state index in [4.69, 9.17) is 4.74 Å². The van der Waals surface area contributed by atoms with Gasteiger partial charge in [0, 0.05) is 0 Å². The molecule has 0 aromatic heterocycles. The summed E-state index contributed by atoms with van der Waals surface area (Å²) in [5, 5.41) is 6.26. The lowest BCUT2D eigenvalue weighted by atomic mass is 10.1. The number of hydrogen-bond acceptors (Lipinski definition) is 4. The second kappa shape index (κ2) is 7.74. The van der Waals surface area contributed by atoms with Crippen LogP contribution in [0.25, 0.3) is 0 Å². The number of carbonyl (C=O) groups excluding carboxylic acids is 2. The van der Waals surface area contributed by atoms with Crippen LogP contribution in [0.1, 0.15) is 11.1 Å². The number of methoxy groups -OCH3 is 1. The van der Waals surface area contributed by atoms with Crippen molar-refractivity contribution in [2.75, 3.05) is 12.4 Å². The van der Waals surface area contributed by atoms with Crippen LogP contribution in [0.4, 0.5) is 5.69 Å². The Bertz CT molecular complexity index is 741. The molecule has 0 fully saturated rings. The van der Waals surface area contributed by atoms with E-state index >= 15 is 0 Å². The lowest BCUT2D eigenvalue weighted by molar-refractivity contribution is -0.136. The predicted molar refractivity (Wildman–Crippen MR) is 88.5 cm³/mol. The number of nitrogens with zero attached hydrogens (tertiary/aromatic N) is 1. The highest BCUT2D eigenvalue weighted by molar-refractivity contribution is 6.39. The van der Waals surface area contributed by atoms with E-state index in [1.165, 1.54) is 13.3 Å². The number of anilines is 1. The van der Waals surface area contributed by atoms with Crippen molar-refractivity contribution in [3.05, 3.63) is 59.7 Å². The molecule has 23 heavy (non-hydrogen) atoms. The highest BCUT2D eigenvalue weighted by Crippen LogP contribution is 2.22. The fourth-order valence-corrected chi connectivity index (χ4v) is 1.87. The summed E-state index contributed by atoms with van der Waals surface area (Å²) < 4.78 is 5.10. The highest BCUT2D eigenvalue weighted by atomic mass is 16.5. The number of rotatable bonds is 4. The average molecular weight is 311 g/mol. The number of hydrazone groups is 1. The monoisotopic (exact) mass is 311 g/mol. The maximum absolute atomic E-state index is 11.8. The van der Waals surface area contributed by atoms with Crippen LogP contribution in [-0.2, 0) is 9.59 Å². The van der Waals surface area contributed by atoms with Gasteiger partial charge in [0.15, 0.2) is 0 Å². The van der Waals surface area contributed by atoms with E-state index in [-0.39, 0.29) is 0 Å². The fraction of sp³-hybridized carbons (Fsp3) is 0.118. The van der Waals surface area contributed by atoms with Crippen molar-refractivity contribution in [3.63, 3.8) is 0 Å². The second-order valence-electron chi connectivity index (χ2n) is 4.71. The Hall–Kier alpha value is -3.15. The summed E-state index contributed by atoms with van der Waals surface area (Å²) in [6, 6.07) is 14.4. The van der Waals surface area contributed by atoms with E-state index in [2.05, 4.69) is 15.8 Å². The smallest absolute Gasteiger partial charge is 0.329 e. The molecule has 0 bridgehead atoms. The molecule has 0 radical (unpaired) electrons. The van der Waals surface area contributed by atoms with Gasteiger partial charge in [-0.2, -0.15) is 5.10 Å². The topological polar surface area (TPSA) is 79.8 Å². The molecule has 2 aromatic carbocycles. The predicted octanol–water partition coefficient (Wildman–Crippen LogP) is 2.09. The molecule has 0 saturated carbocycles. The number of para-hydroxylation sites is 2. The molecule has 2 aromatic rings. The van der Waals surface area contributed by atoms with E-state index in [0.29, 0.717) is 11.4 Å². The molecule has 0 aliphatic carbocycles. The molecule has 0 heterocycles. The molecular formula is C17H17N3O3. The molecule has 0 aliphatic rings. The van der Waals surface area contributed by atoms with Crippen LogP contribution in [-0.4, -0.2) is 25.1 Å². The number of hydrogen-bond donors (Lipinski definition) is 2. The van der Waals surface area contributed by atoms with Gasteiger partial charge in [0.2, 0.25) is 0 Å². The van der Waals surface area contributed by atoms with E-state index in [1.807, 2.05) is 31.2 Å². The van der Waals surface area contributed by atoms with Gasteiger partial charge >= 0.3 is 11.8 Å². The van der Waals surface area contributed by atoms with Gasteiger partial charge in [0.1, 0.15) is 5.75 Å². The Morgan fingerprint density at radius 1 is 1.04 bits per heavy atom. The first-order valence-corrected chi connectivity index (χ1v) is 6.95. The fourth-order valence-electron chi connectivity index (χ4n) is 1.87.